The average molecular weight is 541 g/mol. The molecule has 0 saturated heterocycles. The second-order valence-electron chi connectivity index (χ2n) is 7.86. The molecule has 6 nitrogen and oxygen atoms in total. The van der Waals surface area contributed by atoms with E-state index in [2.05, 4.69) is 5.32 Å². The summed E-state index contributed by atoms with van der Waals surface area (Å²) in [7, 11) is -4.07. The summed E-state index contributed by atoms with van der Waals surface area (Å²) in [5.41, 5.74) is 1.25. The van der Waals surface area contributed by atoms with Crippen LogP contribution in [0.25, 0.3) is 0 Å². The van der Waals surface area contributed by atoms with Gasteiger partial charge in [0.1, 0.15) is 12.3 Å². The summed E-state index contributed by atoms with van der Waals surface area (Å²) in [5, 5.41) is 3.59. The van der Waals surface area contributed by atoms with Crippen LogP contribution in [0, 0.1) is 6.92 Å². The Morgan fingerprint density at radius 2 is 1.47 bits per heavy atom. The number of carbonyl (C=O) groups is 1. The van der Waals surface area contributed by atoms with Gasteiger partial charge in [0.25, 0.3) is 10.0 Å². The first-order valence-corrected chi connectivity index (χ1v) is 13.1. The minimum absolute atomic E-state index is 0.0583. The number of benzene rings is 4. The van der Waals surface area contributed by atoms with Crippen LogP contribution in [0.2, 0.25) is 10.0 Å². The van der Waals surface area contributed by atoms with Crippen LogP contribution in [0.3, 0.4) is 0 Å². The third-order valence-corrected chi connectivity index (χ3v) is 7.48. The molecule has 184 valence electrons. The number of ether oxygens (including phenoxy) is 1. The summed E-state index contributed by atoms with van der Waals surface area (Å²) in [6.07, 6.45) is 0. The number of rotatable bonds is 8. The van der Waals surface area contributed by atoms with E-state index < -0.39 is 22.5 Å². The number of para-hydroxylation sites is 1. The molecule has 36 heavy (non-hydrogen) atoms. The van der Waals surface area contributed by atoms with Crippen LogP contribution >= 0.6 is 23.2 Å². The zero-order chi connectivity index (χ0) is 25.7. The Morgan fingerprint density at radius 3 is 2.14 bits per heavy atom. The predicted molar refractivity (Wildman–Crippen MR) is 144 cm³/mol. The van der Waals surface area contributed by atoms with Crippen molar-refractivity contribution in [1.82, 2.24) is 0 Å². The highest BCUT2D eigenvalue weighted by Crippen LogP contribution is 2.33. The van der Waals surface area contributed by atoms with Crippen LogP contribution in [-0.2, 0) is 14.8 Å². The second kappa shape index (κ2) is 11.0. The van der Waals surface area contributed by atoms with E-state index in [1.165, 1.54) is 12.1 Å². The number of aryl methyl sites for hydroxylation is 1. The van der Waals surface area contributed by atoms with Crippen LogP contribution < -0.4 is 14.4 Å². The molecule has 0 aliphatic heterocycles. The first-order chi connectivity index (χ1) is 17.2. The van der Waals surface area contributed by atoms with E-state index in [4.69, 9.17) is 27.9 Å². The van der Waals surface area contributed by atoms with Gasteiger partial charge in [0.05, 0.1) is 16.3 Å². The van der Waals surface area contributed by atoms with E-state index in [0.717, 1.165) is 4.31 Å². The van der Waals surface area contributed by atoms with Gasteiger partial charge in [-0.3, -0.25) is 9.10 Å². The lowest BCUT2D eigenvalue weighted by Crippen LogP contribution is -2.38. The Kier molecular flexibility index (Phi) is 7.84. The van der Waals surface area contributed by atoms with Crippen molar-refractivity contribution in [1.29, 1.82) is 0 Å². The third-order valence-electron chi connectivity index (χ3n) is 5.23. The van der Waals surface area contributed by atoms with Crippen LogP contribution in [0.4, 0.5) is 11.4 Å². The summed E-state index contributed by atoms with van der Waals surface area (Å²) < 4.78 is 34.1. The SMILES string of the molecule is Cc1cc(Cl)ccc1N(CC(=O)Nc1cc(Cl)ccc1Oc1ccccc1)S(=O)(=O)c1ccccc1. The fourth-order valence-corrected chi connectivity index (χ4v) is 5.45. The maximum atomic E-state index is 13.6. The van der Waals surface area contributed by atoms with Gasteiger partial charge in [0.2, 0.25) is 5.91 Å². The highest BCUT2D eigenvalue weighted by atomic mass is 35.5. The molecule has 0 atom stereocenters. The Morgan fingerprint density at radius 1 is 0.861 bits per heavy atom. The van der Waals surface area contributed by atoms with Crippen LogP contribution in [0.5, 0.6) is 11.5 Å². The Hall–Kier alpha value is -3.52. The van der Waals surface area contributed by atoms with Gasteiger partial charge in [-0.1, -0.05) is 59.6 Å². The van der Waals surface area contributed by atoms with Crippen molar-refractivity contribution in [2.75, 3.05) is 16.2 Å². The largest absolute Gasteiger partial charge is 0.455 e. The molecule has 0 heterocycles. The number of carbonyl (C=O) groups excluding carboxylic acids is 1. The molecule has 4 aromatic carbocycles. The smallest absolute Gasteiger partial charge is 0.264 e. The molecule has 1 N–H and O–H groups in total. The van der Waals surface area contributed by atoms with Gasteiger partial charge >= 0.3 is 0 Å². The molecule has 0 aliphatic carbocycles. The van der Waals surface area contributed by atoms with Crippen molar-refractivity contribution in [3.05, 3.63) is 113 Å². The number of nitrogens with one attached hydrogen (secondary N) is 1. The zero-order valence-corrected chi connectivity index (χ0v) is 21.5. The highest BCUT2D eigenvalue weighted by molar-refractivity contribution is 7.92. The van der Waals surface area contributed by atoms with Crippen LogP contribution in [0.1, 0.15) is 5.56 Å². The highest BCUT2D eigenvalue weighted by Gasteiger charge is 2.28. The lowest BCUT2D eigenvalue weighted by molar-refractivity contribution is -0.114. The van der Waals surface area contributed by atoms with Gasteiger partial charge in [-0.15, -0.1) is 0 Å². The molecule has 0 aliphatic rings. The maximum absolute atomic E-state index is 13.6. The van der Waals surface area contributed by atoms with Gasteiger partial charge in [0.15, 0.2) is 5.75 Å². The van der Waals surface area contributed by atoms with Gasteiger partial charge in [-0.25, -0.2) is 8.42 Å². The summed E-state index contributed by atoms with van der Waals surface area (Å²) in [6, 6.07) is 26.6. The number of sulfonamides is 1. The fourth-order valence-electron chi connectivity index (χ4n) is 3.54. The Bertz CT molecular complexity index is 1480. The lowest BCUT2D eigenvalue weighted by atomic mass is 10.2. The molecule has 0 saturated carbocycles. The minimum Gasteiger partial charge on any atom is -0.455 e. The van der Waals surface area contributed by atoms with E-state index in [-0.39, 0.29) is 4.90 Å². The first-order valence-electron chi connectivity index (χ1n) is 10.9. The van der Waals surface area contributed by atoms with Crippen LogP contribution in [0.15, 0.2) is 102 Å². The summed E-state index contributed by atoms with van der Waals surface area (Å²) in [4.78, 5) is 13.3. The van der Waals surface area contributed by atoms with Crippen molar-refractivity contribution in [2.45, 2.75) is 11.8 Å². The number of nitrogens with zero attached hydrogens (tertiary/aromatic N) is 1. The molecular weight excluding hydrogens is 519 g/mol. The number of halogens is 2. The van der Waals surface area contributed by atoms with E-state index in [0.29, 0.717) is 38.5 Å². The Labute approximate surface area is 220 Å². The van der Waals surface area contributed by atoms with Crippen molar-refractivity contribution in [3.63, 3.8) is 0 Å². The van der Waals surface area contributed by atoms with E-state index in [1.807, 2.05) is 18.2 Å². The molecule has 0 spiro atoms. The minimum atomic E-state index is -4.07. The number of hydrogen-bond acceptors (Lipinski definition) is 4. The van der Waals surface area contributed by atoms with Crippen molar-refractivity contribution in [3.8, 4) is 11.5 Å². The van der Waals surface area contributed by atoms with Gasteiger partial charge in [0, 0.05) is 10.0 Å². The van der Waals surface area contributed by atoms with E-state index in [1.54, 1.807) is 73.7 Å². The molecule has 0 radical (unpaired) electrons. The van der Waals surface area contributed by atoms with Crippen molar-refractivity contribution < 1.29 is 17.9 Å². The molecule has 0 aromatic heterocycles. The molecule has 9 heteroatoms. The summed E-state index contributed by atoms with van der Waals surface area (Å²) >= 11 is 12.3. The lowest BCUT2D eigenvalue weighted by Gasteiger charge is -2.26. The molecule has 4 aromatic rings. The average Bonchev–Trinajstić information content (AvgIpc) is 2.86. The van der Waals surface area contributed by atoms with Gasteiger partial charge in [-0.2, -0.15) is 0 Å². The number of anilines is 2. The van der Waals surface area contributed by atoms with Crippen molar-refractivity contribution in [2.24, 2.45) is 0 Å². The molecule has 0 fully saturated rings. The molecular formula is C27H22Cl2N2O4S. The normalized spacial score (nSPS) is 11.1. The summed E-state index contributed by atoms with van der Waals surface area (Å²) in [6.45, 7) is 1.24. The number of hydrogen-bond donors (Lipinski definition) is 1. The molecule has 0 unspecified atom stereocenters. The van der Waals surface area contributed by atoms with Gasteiger partial charge < -0.3 is 10.1 Å². The van der Waals surface area contributed by atoms with Gasteiger partial charge in [-0.05, 0) is 73.2 Å². The number of amides is 1. The maximum Gasteiger partial charge on any atom is 0.264 e. The zero-order valence-electron chi connectivity index (χ0n) is 19.2. The first kappa shape index (κ1) is 25.6. The Balaban J connectivity index is 1.66. The van der Waals surface area contributed by atoms with E-state index >= 15 is 0 Å². The topological polar surface area (TPSA) is 75.7 Å². The standard InChI is InChI=1S/C27H22Cl2N2O4S/c1-19-16-20(28)12-14-25(19)31(36(33,34)23-10-6-3-7-11-23)18-27(32)30-24-17-21(29)13-15-26(24)35-22-8-4-2-5-9-22/h2-17H,18H2,1H3,(H,30,32). The quantitative estimate of drug-likeness (QED) is 0.263. The molecule has 0 bridgehead atoms. The van der Waals surface area contributed by atoms with Crippen molar-refractivity contribution >= 4 is 50.5 Å². The fraction of sp³-hybridized carbons (Fsp3) is 0.0741. The molecule has 1 amide bonds. The molecule has 4 rings (SSSR count). The second-order valence-corrected chi connectivity index (χ2v) is 10.6. The summed E-state index contributed by atoms with van der Waals surface area (Å²) in [5.74, 6) is 0.350. The van der Waals surface area contributed by atoms with E-state index in [9.17, 15) is 13.2 Å². The predicted octanol–water partition coefficient (Wildman–Crippen LogP) is 6.93. The van der Waals surface area contributed by atoms with Crippen LogP contribution in [-0.4, -0.2) is 20.9 Å². The third kappa shape index (κ3) is 5.99. The monoisotopic (exact) mass is 540 g/mol.